The van der Waals surface area contributed by atoms with Gasteiger partial charge in [-0.05, 0) is 25.8 Å². The first-order valence-corrected chi connectivity index (χ1v) is 8.99. The van der Waals surface area contributed by atoms with Crippen LogP contribution in [0.2, 0.25) is 0 Å². The largest absolute Gasteiger partial charge is 0.420 e. The van der Waals surface area contributed by atoms with Crippen molar-refractivity contribution in [2.75, 3.05) is 6.54 Å². The summed E-state index contributed by atoms with van der Waals surface area (Å²) >= 11 is 2.35. The molecule has 0 aliphatic heterocycles. The third kappa shape index (κ3) is 6.92. The van der Waals surface area contributed by atoms with E-state index in [4.69, 9.17) is 5.73 Å². The molecule has 0 aromatic heterocycles. The van der Waals surface area contributed by atoms with E-state index in [1.54, 1.807) is 0 Å². The third-order valence-electron chi connectivity index (χ3n) is 3.42. The van der Waals surface area contributed by atoms with Crippen molar-refractivity contribution >= 4 is 28.6 Å². The van der Waals surface area contributed by atoms with Gasteiger partial charge in [-0.1, -0.05) is 41.9 Å². The zero-order chi connectivity index (χ0) is 18.1. The molecule has 0 heterocycles. The molecule has 0 saturated heterocycles. The molecular formula is C16H20F4INO2. The van der Waals surface area contributed by atoms with Gasteiger partial charge in [0, 0.05) is 16.4 Å². The van der Waals surface area contributed by atoms with E-state index in [2.05, 4.69) is 27.3 Å². The van der Waals surface area contributed by atoms with Gasteiger partial charge >= 0.3 is 5.97 Å². The first kappa shape index (κ1) is 21.1. The number of hydrogen-bond donors (Lipinski definition) is 1. The zero-order valence-electron chi connectivity index (χ0n) is 13.1. The van der Waals surface area contributed by atoms with Crippen LogP contribution >= 0.6 is 22.6 Å². The van der Waals surface area contributed by atoms with Gasteiger partial charge in [-0.15, -0.1) is 0 Å². The highest BCUT2D eigenvalue weighted by atomic mass is 127. The topological polar surface area (TPSA) is 52.3 Å². The Morgan fingerprint density at radius 3 is 2.21 bits per heavy atom. The van der Waals surface area contributed by atoms with E-state index in [9.17, 15) is 22.4 Å². The first-order valence-electron chi connectivity index (χ1n) is 7.74. The van der Waals surface area contributed by atoms with Crippen LogP contribution in [0.1, 0.15) is 44.9 Å². The average Bonchev–Trinajstić information content (AvgIpc) is 2.53. The summed E-state index contributed by atoms with van der Waals surface area (Å²) in [6, 6.07) is 0.0625. The highest BCUT2D eigenvalue weighted by molar-refractivity contribution is 14.1. The van der Waals surface area contributed by atoms with Crippen LogP contribution in [0.3, 0.4) is 0 Å². The molecule has 0 radical (unpaired) electrons. The van der Waals surface area contributed by atoms with E-state index < -0.39 is 35.0 Å². The van der Waals surface area contributed by atoms with Gasteiger partial charge in [0.1, 0.15) is 0 Å². The second-order valence-corrected chi connectivity index (χ2v) is 7.16. The predicted octanol–water partition coefficient (Wildman–Crippen LogP) is 4.64. The number of esters is 1. The van der Waals surface area contributed by atoms with Gasteiger partial charge in [0.05, 0.1) is 0 Å². The van der Waals surface area contributed by atoms with E-state index in [1.807, 2.05) is 0 Å². The molecule has 0 aliphatic rings. The van der Waals surface area contributed by atoms with Crippen LogP contribution in [0, 0.1) is 23.3 Å². The van der Waals surface area contributed by atoms with Crippen LogP contribution in [0.15, 0.2) is 6.07 Å². The van der Waals surface area contributed by atoms with Gasteiger partial charge in [0.2, 0.25) is 17.4 Å². The Hall–Kier alpha value is -0.900. The predicted molar refractivity (Wildman–Crippen MR) is 91.1 cm³/mol. The van der Waals surface area contributed by atoms with Crippen LogP contribution < -0.4 is 10.5 Å². The smallest absolute Gasteiger partial charge is 0.311 e. The molecule has 8 heteroatoms. The lowest BCUT2D eigenvalue weighted by Crippen LogP contribution is -2.12. The maximum absolute atomic E-state index is 13.4. The summed E-state index contributed by atoms with van der Waals surface area (Å²) in [6.07, 6.45) is 5.07. The summed E-state index contributed by atoms with van der Waals surface area (Å²) in [5.74, 6) is -8.89. The molecule has 0 amide bonds. The average molecular weight is 461 g/mol. The lowest BCUT2D eigenvalue weighted by molar-refractivity contribution is -0.135. The standard InChI is InChI=1S/C16H20F4INO2/c17-11-9-12(18)15(20)16(14(11)19)24-13(23)6-4-2-1-3-5-10(21)7-8-22/h9-10H,1-8,22H2. The number of halogens is 5. The number of benzene rings is 1. The van der Waals surface area contributed by atoms with Crippen LogP contribution in [-0.2, 0) is 4.79 Å². The minimum absolute atomic E-state index is 0.0625. The molecule has 1 rings (SSSR count). The first-order chi connectivity index (χ1) is 11.4. The third-order valence-corrected chi connectivity index (χ3v) is 4.66. The Bertz CT molecular complexity index is 531. The van der Waals surface area contributed by atoms with Gasteiger partial charge in [-0.2, -0.15) is 8.78 Å². The number of carbonyl (C=O) groups is 1. The van der Waals surface area contributed by atoms with E-state index in [1.165, 1.54) is 0 Å². The second-order valence-electron chi connectivity index (χ2n) is 5.40. The van der Waals surface area contributed by atoms with E-state index in [0.717, 1.165) is 32.1 Å². The van der Waals surface area contributed by atoms with Gasteiger partial charge in [0.25, 0.3) is 0 Å². The number of unbranched alkanes of at least 4 members (excludes halogenated alkanes) is 3. The molecule has 24 heavy (non-hydrogen) atoms. The minimum atomic E-state index is -1.71. The number of nitrogens with two attached hydrogens (primary N) is 1. The Morgan fingerprint density at radius 1 is 1.04 bits per heavy atom. The fourth-order valence-corrected chi connectivity index (χ4v) is 2.92. The maximum Gasteiger partial charge on any atom is 0.311 e. The zero-order valence-corrected chi connectivity index (χ0v) is 15.3. The SMILES string of the molecule is NCCC(I)CCCCCCC(=O)Oc1c(F)c(F)cc(F)c1F. The Labute approximate surface area is 152 Å². The fraction of sp³-hybridized carbons (Fsp3) is 0.562. The number of alkyl halides is 1. The summed E-state index contributed by atoms with van der Waals surface area (Å²) < 4.78 is 57.7. The van der Waals surface area contributed by atoms with Crippen molar-refractivity contribution in [2.24, 2.45) is 5.73 Å². The molecule has 0 saturated carbocycles. The van der Waals surface area contributed by atoms with Crippen molar-refractivity contribution in [3.05, 3.63) is 29.3 Å². The molecule has 3 nitrogen and oxygen atoms in total. The van der Waals surface area contributed by atoms with Crippen molar-refractivity contribution in [3.63, 3.8) is 0 Å². The van der Waals surface area contributed by atoms with Crippen LogP contribution in [0.4, 0.5) is 17.6 Å². The van der Waals surface area contributed by atoms with Gasteiger partial charge in [-0.25, -0.2) is 8.78 Å². The van der Waals surface area contributed by atoms with Gasteiger partial charge in [-0.3, -0.25) is 4.79 Å². The number of rotatable bonds is 10. The summed E-state index contributed by atoms with van der Waals surface area (Å²) in [5, 5.41) is 0. The molecule has 0 spiro atoms. The van der Waals surface area contributed by atoms with E-state index in [0.29, 0.717) is 16.9 Å². The minimum Gasteiger partial charge on any atom is -0.420 e. The van der Waals surface area contributed by atoms with Crippen molar-refractivity contribution in [1.29, 1.82) is 0 Å². The summed E-state index contributed by atoms with van der Waals surface area (Å²) in [4.78, 5) is 11.6. The molecule has 1 unspecified atom stereocenters. The Morgan fingerprint density at radius 2 is 1.62 bits per heavy atom. The summed E-state index contributed by atoms with van der Waals surface area (Å²) in [6.45, 7) is 0.660. The molecule has 136 valence electrons. The van der Waals surface area contributed by atoms with Crippen molar-refractivity contribution < 1.29 is 27.1 Å². The number of ether oxygens (including phenoxy) is 1. The molecule has 2 N–H and O–H groups in total. The molecule has 1 aromatic rings. The molecule has 1 aromatic carbocycles. The normalized spacial score (nSPS) is 12.2. The Kier molecular flexibility index (Phi) is 9.57. The summed E-state index contributed by atoms with van der Waals surface area (Å²) in [5.41, 5.74) is 5.46. The molecule has 0 fully saturated rings. The van der Waals surface area contributed by atoms with E-state index >= 15 is 0 Å². The monoisotopic (exact) mass is 461 g/mol. The van der Waals surface area contributed by atoms with Crippen molar-refractivity contribution in [2.45, 2.75) is 48.9 Å². The summed E-state index contributed by atoms with van der Waals surface area (Å²) in [7, 11) is 0. The molecule has 1 atom stereocenters. The lowest BCUT2D eigenvalue weighted by atomic mass is 10.1. The number of hydrogen-bond acceptors (Lipinski definition) is 3. The molecule has 0 bridgehead atoms. The fourth-order valence-electron chi connectivity index (χ4n) is 2.12. The second kappa shape index (κ2) is 10.9. The molecule has 0 aliphatic carbocycles. The quantitative estimate of drug-likeness (QED) is 0.105. The lowest BCUT2D eigenvalue weighted by Gasteiger charge is -2.09. The van der Waals surface area contributed by atoms with Crippen LogP contribution in [0.25, 0.3) is 0 Å². The van der Waals surface area contributed by atoms with Crippen LogP contribution in [0.5, 0.6) is 5.75 Å². The van der Waals surface area contributed by atoms with Gasteiger partial charge < -0.3 is 10.5 Å². The van der Waals surface area contributed by atoms with E-state index in [-0.39, 0.29) is 12.5 Å². The highest BCUT2D eigenvalue weighted by Crippen LogP contribution is 2.27. The Balaban J connectivity index is 2.33. The van der Waals surface area contributed by atoms with Crippen LogP contribution in [-0.4, -0.2) is 16.4 Å². The van der Waals surface area contributed by atoms with Gasteiger partial charge in [0.15, 0.2) is 11.6 Å². The maximum atomic E-state index is 13.4. The number of carbonyl (C=O) groups excluding carboxylic acids is 1. The highest BCUT2D eigenvalue weighted by Gasteiger charge is 2.22. The van der Waals surface area contributed by atoms with Crippen molar-refractivity contribution in [1.82, 2.24) is 0 Å². The van der Waals surface area contributed by atoms with Crippen molar-refractivity contribution in [3.8, 4) is 5.75 Å². The molecular weight excluding hydrogens is 441 g/mol.